The first kappa shape index (κ1) is 19.1. The van der Waals surface area contributed by atoms with E-state index in [1.807, 2.05) is 55.5 Å². The van der Waals surface area contributed by atoms with Crippen LogP contribution in [0.5, 0.6) is 0 Å². The molecule has 142 valence electrons. The highest BCUT2D eigenvalue weighted by Crippen LogP contribution is 2.15. The number of amides is 1. The second-order valence-electron chi connectivity index (χ2n) is 6.77. The second kappa shape index (κ2) is 9.33. The lowest BCUT2D eigenvalue weighted by Gasteiger charge is -2.15. The minimum atomic E-state index is -0.176. The number of aliphatic imine (C=N–C) groups is 1. The topological polar surface area (TPSA) is 62.7 Å². The van der Waals surface area contributed by atoms with E-state index >= 15 is 0 Å². The molecule has 0 unspecified atom stereocenters. The molecule has 0 spiro atoms. The van der Waals surface area contributed by atoms with Crippen LogP contribution in [0.4, 0.5) is 5.69 Å². The Bertz CT molecular complexity index is 793. The number of ether oxygens (including phenoxy) is 1. The van der Waals surface area contributed by atoms with Gasteiger partial charge in [0.05, 0.1) is 12.6 Å². The molecule has 3 rings (SSSR count). The second-order valence-corrected chi connectivity index (χ2v) is 6.77. The fourth-order valence-corrected chi connectivity index (χ4v) is 3.00. The number of aryl methyl sites for hydroxylation is 2. The molecule has 2 aromatic carbocycles. The van der Waals surface area contributed by atoms with Crippen molar-refractivity contribution in [1.29, 1.82) is 0 Å². The van der Waals surface area contributed by atoms with Gasteiger partial charge in [0, 0.05) is 17.9 Å². The molecule has 2 aromatic rings. The summed E-state index contributed by atoms with van der Waals surface area (Å²) in [5.41, 5.74) is 3.83. The summed E-state index contributed by atoms with van der Waals surface area (Å²) in [6.07, 6.45) is 3.15. The SMILES string of the molecule is CCc1ccc(C(=O)NC(=NC[C@@H]2CCCO2)Nc2ccccc2C)cc1. The number of hydrogen-bond acceptors (Lipinski definition) is 3. The van der Waals surface area contributed by atoms with Crippen molar-refractivity contribution in [2.24, 2.45) is 4.99 Å². The predicted octanol–water partition coefficient (Wildman–Crippen LogP) is 3.93. The van der Waals surface area contributed by atoms with Gasteiger partial charge in [-0.1, -0.05) is 37.3 Å². The molecule has 0 aromatic heterocycles. The molecule has 5 nitrogen and oxygen atoms in total. The van der Waals surface area contributed by atoms with Crippen molar-refractivity contribution < 1.29 is 9.53 Å². The van der Waals surface area contributed by atoms with Crippen molar-refractivity contribution in [1.82, 2.24) is 5.32 Å². The summed E-state index contributed by atoms with van der Waals surface area (Å²) in [6.45, 7) is 5.43. The Morgan fingerprint density at radius 2 is 1.96 bits per heavy atom. The summed E-state index contributed by atoms with van der Waals surface area (Å²) < 4.78 is 5.64. The fraction of sp³-hybridized carbons (Fsp3) is 0.364. The summed E-state index contributed by atoms with van der Waals surface area (Å²) >= 11 is 0. The zero-order valence-electron chi connectivity index (χ0n) is 16.0. The van der Waals surface area contributed by atoms with Crippen LogP contribution in [-0.4, -0.2) is 31.1 Å². The summed E-state index contributed by atoms with van der Waals surface area (Å²) in [7, 11) is 0. The molecular formula is C22H27N3O2. The lowest BCUT2D eigenvalue weighted by molar-refractivity contribution is 0.0975. The zero-order chi connectivity index (χ0) is 19.1. The van der Waals surface area contributed by atoms with Crippen molar-refractivity contribution in [2.45, 2.75) is 39.2 Å². The van der Waals surface area contributed by atoms with Gasteiger partial charge in [-0.3, -0.25) is 10.1 Å². The van der Waals surface area contributed by atoms with E-state index in [2.05, 4.69) is 22.5 Å². The number of guanidine groups is 1. The van der Waals surface area contributed by atoms with E-state index in [0.717, 1.165) is 37.1 Å². The Labute approximate surface area is 160 Å². The van der Waals surface area contributed by atoms with Gasteiger partial charge in [0.15, 0.2) is 0 Å². The van der Waals surface area contributed by atoms with Crippen LogP contribution < -0.4 is 10.6 Å². The van der Waals surface area contributed by atoms with Crippen LogP contribution >= 0.6 is 0 Å². The molecule has 1 amide bonds. The van der Waals surface area contributed by atoms with Crippen LogP contribution in [0, 0.1) is 6.92 Å². The Morgan fingerprint density at radius 3 is 2.63 bits per heavy atom. The van der Waals surface area contributed by atoms with Gasteiger partial charge in [0.1, 0.15) is 0 Å². The number of carbonyl (C=O) groups excluding carboxylic acids is 1. The van der Waals surface area contributed by atoms with E-state index in [-0.39, 0.29) is 12.0 Å². The van der Waals surface area contributed by atoms with Crippen LogP contribution in [0.1, 0.15) is 41.3 Å². The van der Waals surface area contributed by atoms with Gasteiger partial charge >= 0.3 is 0 Å². The third-order valence-electron chi connectivity index (χ3n) is 4.73. The maximum atomic E-state index is 12.7. The first-order valence-electron chi connectivity index (χ1n) is 9.54. The average molecular weight is 365 g/mol. The number of anilines is 1. The fourth-order valence-electron chi connectivity index (χ4n) is 3.00. The Balaban J connectivity index is 1.74. The van der Waals surface area contributed by atoms with E-state index in [1.165, 1.54) is 5.56 Å². The number of benzene rings is 2. The van der Waals surface area contributed by atoms with Crippen molar-refractivity contribution >= 4 is 17.6 Å². The van der Waals surface area contributed by atoms with E-state index in [0.29, 0.717) is 18.1 Å². The zero-order valence-corrected chi connectivity index (χ0v) is 16.0. The Kier molecular flexibility index (Phi) is 6.60. The Hall–Kier alpha value is -2.66. The molecular weight excluding hydrogens is 338 g/mol. The first-order chi connectivity index (χ1) is 13.2. The highest BCUT2D eigenvalue weighted by molar-refractivity contribution is 6.10. The van der Waals surface area contributed by atoms with Gasteiger partial charge in [0.25, 0.3) is 5.91 Å². The molecule has 0 saturated carbocycles. The molecule has 1 aliphatic rings. The minimum Gasteiger partial charge on any atom is -0.376 e. The maximum Gasteiger partial charge on any atom is 0.257 e. The predicted molar refractivity (Wildman–Crippen MR) is 109 cm³/mol. The standard InChI is InChI=1S/C22H27N3O2/c1-3-17-10-12-18(13-11-17)21(26)25-22(23-15-19-8-6-14-27-19)24-20-9-5-4-7-16(20)2/h4-5,7,9-13,19H,3,6,8,14-15H2,1-2H3,(H2,23,24,25,26)/t19-/m0/s1. The first-order valence-corrected chi connectivity index (χ1v) is 9.54. The molecule has 1 aliphatic heterocycles. The van der Waals surface area contributed by atoms with E-state index in [4.69, 9.17) is 4.74 Å². The molecule has 0 radical (unpaired) electrons. The van der Waals surface area contributed by atoms with Crippen LogP contribution in [0.15, 0.2) is 53.5 Å². The summed E-state index contributed by atoms with van der Waals surface area (Å²) in [4.78, 5) is 17.3. The molecule has 5 heteroatoms. The normalized spacial score (nSPS) is 17.0. The van der Waals surface area contributed by atoms with Crippen molar-refractivity contribution in [3.05, 3.63) is 65.2 Å². The minimum absolute atomic E-state index is 0.124. The number of hydrogen-bond donors (Lipinski definition) is 2. The lowest BCUT2D eigenvalue weighted by atomic mass is 10.1. The molecule has 1 fully saturated rings. The smallest absolute Gasteiger partial charge is 0.257 e. The summed E-state index contributed by atoms with van der Waals surface area (Å²) in [5, 5.41) is 6.17. The van der Waals surface area contributed by atoms with E-state index in [9.17, 15) is 4.79 Å². The molecule has 1 atom stereocenters. The summed E-state index contributed by atoms with van der Waals surface area (Å²) in [5.74, 6) is 0.272. The van der Waals surface area contributed by atoms with Gasteiger partial charge in [-0.15, -0.1) is 0 Å². The number of rotatable bonds is 5. The van der Waals surface area contributed by atoms with Crippen LogP contribution in [-0.2, 0) is 11.2 Å². The van der Waals surface area contributed by atoms with Gasteiger partial charge in [-0.25, -0.2) is 4.99 Å². The molecule has 27 heavy (non-hydrogen) atoms. The number of nitrogens with zero attached hydrogens (tertiary/aromatic N) is 1. The maximum absolute atomic E-state index is 12.7. The van der Waals surface area contributed by atoms with E-state index in [1.54, 1.807) is 0 Å². The summed E-state index contributed by atoms with van der Waals surface area (Å²) in [6, 6.07) is 15.6. The van der Waals surface area contributed by atoms with Gasteiger partial charge in [-0.05, 0) is 55.5 Å². The molecule has 0 aliphatic carbocycles. The lowest BCUT2D eigenvalue weighted by Crippen LogP contribution is -2.37. The molecule has 2 N–H and O–H groups in total. The molecule has 0 bridgehead atoms. The quantitative estimate of drug-likeness (QED) is 0.623. The third kappa shape index (κ3) is 5.41. The average Bonchev–Trinajstić information content (AvgIpc) is 3.21. The number of nitrogens with one attached hydrogen (secondary N) is 2. The van der Waals surface area contributed by atoms with E-state index < -0.39 is 0 Å². The highest BCUT2D eigenvalue weighted by Gasteiger charge is 2.16. The highest BCUT2D eigenvalue weighted by atomic mass is 16.5. The van der Waals surface area contributed by atoms with Gasteiger partial charge < -0.3 is 10.1 Å². The van der Waals surface area contributed by atoms with Gasteiger partial charge in [0.2, 0.25) is 5.96 Å². The van der Waals surface area contributed by atoms with Crippen molar-refractivity contribution in [2.75, 3.05) is 18.5 Å². The monoisotopic (exact) mass is 365 g/mol. The third-order valence-corrected chi connectivity index (χ3v) is 4.73. The van der Waals surface area contributed by atoms with Crippen LogP contribution in [0.2, 0.25) is 0 Å². The van der Waals surface area contributed by atoms with Crippen LogP contribution in [0.3, 0.4) is 0 Å². The number of carbonyl (C=O) groups is 1. The van der Waals surface area contributed by atoms with Gasteiger partial charge in [-0.2, -0.15) is 0 Å². The molecule has 1 heterocycles. The van der Waals surface area contributed by atoms with Crippen LogP contribution in [0.25, 0.3) is 0 Å². The Morgan fingerprint density at radius 1 is 1.19 bits per heavy atom. The van der Waals surface area contributed by atoms with Crippen molar-refractivity contribution in [3.63, 3.8) is 0 Å². The largest absolute Gasteiger partial charge is 0.376 e. The number of para-hydroxylation sites is 1. The molecule has 1 saturated heterocycles. The van der Waals surface area contributed by atoms with Crippen molar-refractivity contribution in [3.8, 4) is 0 Å².